The number of hydrogen-bond acceptors (Lipinski definition) is 3. The van der Waals surface area contributed by atoms with Crippen molar-refractivity contribution in [1.82, 2.24) is 4.90 Å². The van der Waals surface area contributed by atoms with Gasteiger partial charge in [0.2, 0.25) is 5.91 Å². The Morgan fingerprint density at radius 3 is 2.15 bits per heavy atom. The summed E-state index contributed by atoms with van der Waals surface area (Å²) in [6.07, 6.45) is 1.59. The molecule has 168 valence electrons. The fourth-order valence-electron chi connectivity index (χ4n) is 6.00. The number of amides is 1. The lowest BCUT2D eigenvalue weighted by molar-refractivity contribution is -0.129. The molecule has 1 saturated heterocycles. The second-order valence-electron chi connectivity index (χ2n) is 9.17. The molecule has 3 aromatic carbocycles. The van der Waals surface area contributed by atoms with E-state index in [-0.39, 0.29) is 35.4 Å². The van der Waals surface area contributed by atoms with E-state index in [0.29, 0.717) is 19.5 Å². The molecular weight excluding hydrogens is 410 g/mol. The molecule has 0 aromatic heterocycles. The molecule has 5 rings (SSSR count). The highest BCUT2D eigenvalue weighted by Gasteiger charge is 2.55. The molecule has 1 saturated carbocycles. The predicted octanol–water partition coefficient (Wildman–Crippen LogP) is 4.66. The van der Waals surface area contributed by atoms with Crippen molar-refractivity contribution in [3.8, 4) is 5.75 Å². The molecule has 3 aromatic rings. The van der Waals surface area contributed by atoms with Gasteiger partial charge in [0.05, 0.1) is 13.5 Å². The molecule has 2 atom stereocenters. The summed E-state index contributed by atoms with van der Waals surface area (Å²) in [6, 6.07) is 28.7. The summed E-state index contributed by atoms with van der Waals surface area (Å²) in [5.41, 5.74) is 3.07. The third-order valence-electron chi connectivity index (χ3n) is 7.60. The number of para-hydroxylation sites is 1. The number of rotatable bonds is 5. The van der Waals surface area contributed by atoms with E-state index in [1.165, 1.54) is 11.1 Å². The molecule has 1 aliphatic carbocycles. The van der Waals surface area contributed by atoms with Crippen LogP contribution in [-0.4, -0.2) is 36.8 Å². The summed E-state index contributed by atoms with van der Waals surface area (Å²) in [4.78, 5) is 28.4. The largest absolute Gasteiger partial charge is 0.496 e. The van der Waals surface area contributed by atoms with Crippen LogP contribution in [0.25, 0.3) is 0 Å². The van der Waals surface area contributed by atoms with Crippen LogP contribution < -0.4 is 4.74 Å². The SMILES string of the molecule is COc1ccccc1CC(=O)N1CC2C(=O)CCC(c3ccccc3)(c3ccccc3)C2C1. The summed E-state index contributed by atoms with van der Waals surface area (Å²) in [6.45, 7) is 1.09. The van der Waals surface area contributed by atoms with Crippen LogP contribution in [0, 0.1) is 11.8 Å². The third-order valence-corrected chi connectivity index (χ3v) is 7.60. The molecule has 1 aliphatic heterocycles. The number of ether oxygens (including phenoxy) is 1. The van der Waals surface area contributed by atoms with Gasteiger partial charge in [-0.05, 0) is 23.6 Å². The Morgan fingerprint density at radius 1 is 0.909 bits per heavy atom. The number of ketones is 1. The molecule has 2 unspecified atom stereocenters. The molecule has 0 spiro atoms. The van der Waals surface area contributed by atoms with Crippen molar-refractivity contribution in [2.45, 2.75) is 24.7 Å². The second kappa shape index (κ2) is 8.86. The maximum atomic E-state index is 13.4. The number of likely N-dealkylation sites (tertiary alicyclic amines) is 1. The highest BCUT2D eigenvalue weighted by atomic mass is 16.5. The van der Waals surface area contributed by atoms with Gasteiger partial charge in [0, 0.05) is 42.3 Å². The van der Waals surface area contributed by atoms with Gasteiger partial charge in [0.1, 0.15) is 11.5 Å². The number of hydrogen-bond donors (Lipinski definition) is 0. The topological polar surface area (TPSA) is 46.6 Å². The van der Waals surface area contributed by atoms with Gasteiger partial charge in [-0.25, -0.2) is 0 Å². The van der Waals surface area contributed by atoms with Crippen LogP contribution in [0.15, 0.2) is 84.9 Å². The van der Waals surface area contributed by atoms with Crippen LogP contribution in [0.3, 0.4) is 0 Å². The lowest BCUT2D eigenvalue weighted by atomic mass is 9.56. The summed E-state index contributed by atoms with van der Waals surface area (Å²) in [5, 5.41) is 0. The van der Waals surface area contributed by atoms with Crippen LogP contribution in [-0.2, 0) is 21.4 Å². The van der Waals surface area contributed by atoms with E-state index in [4.69, 9.17) is 4.74 Å². The van der Waals surface area contributed by atoms with E-state index < -0.39 is 0 Å². The van der Waals surface area contributed by atoms with E-state index in [1.807, 2.05) is 41.3 Å². The molecule has 4 heteroatoms. The minimum atomic E-state index is -0.277. The van der Waals surface area contributed by atoms with Gasteiger partial charge in [-0.15, -0.1) is 0 Å². The maximum Gasteiger partial charge on any atom is 0.227 e. The summed E-state index contributed by atoms with van der Waals surface area (Å²) < 4.78 is 5.44. The Bertz CT molecular complexity index is 1100. The van der Waals surface area contributed by atoms with E-state index in [9.17, 15) is 9.59 Å². The van der Waals surface area contributed by atoms with Crippen LogP contribution in [0.4, 0.5) is 0 Å². The first kappa shape index (κ1) is 21.4. The summed E-state index contributed by atoms with van der Waals surface area (Å²) >= 11 is 0. The average molecular weight is 440 g/mol. The molecule has 2 fully saturated rings. The normalized spacial score (nSPS) is 21.5. The standard InChI is InChI=1S/C29H29NO3/c1-33-27-15-9-8-10-21(27)18-28(32)30-19-24-25(20-30)29(17-16-26(24)31,22-11-4-2-5-12-22)23-13-6-3-7-14-23/h2-15,24-25H,16-20H2,1H3. The van der Waals surface area contributed by atoms with E-state index in [1.54, 1.807) is 7.11 Å². The molecule has 1 heterocycles. The van der Waals surface area contributed by atoms with Gasteiger partial charge in [0.15, 0.2) is 0 Å². The lowest BCUT2D eigenvalue weighted by Gasteiger charge is -2.45. The van der Waals surface area contributed by atoms with Crippen LogP contribution in [0.2, 0.25) is 0 Å². The molecule has 2 aliphatic rings. The number of nitrogens with zero attached hydrogens (tertiary/aromatic N) is 1. The summed E-state index contributed by atoms with van der Waals surface area (Å²) in [7, 11) is 1.63. The molecule has 33 heavy (non-hydrogen) atoms. The third kappa shape index (κ3) is 3.74. The fraction of sp³-hybridized carbons (Fsp3) is 0.310. The van der Waals surface area contributed by atoms with Crippen LogP contribution in [0.5, 0.6) is 5.75 Å². The zero-order valence-corrected chi connectivity index (χ0v) is 18.9. The number of fused-ring (bicyclic) bond motifs is 1. The van der Waals surface area contributed by atoms with Crippen LogP contribution >= 0.6 is 0 Å². The molecule has 0 bridgehead atoms. The smallest absolute Gasteiger partial charge is 0.227 e. The number of carbonyl (C=O) groups is 2. The Hall–Kier alpha value is -3.40. The lowest BCUT2D eigenvalue weighted by Crippen LogP contribution is -2.47. The molecule has 4 nitrogen and oxygen atoms in total. The minimum Gasteiger partial charge on any atom is -0.496 e. The number of carbonyl (C=O) groups excluding carboxylic acids is 2. The van der Waals surface area contributed by atoms with E-state index in [0.717, 1.165) is 17.7 Å². The average Bonchev–Trinajstić information content (AvgIpc) is 3.33. The Labute approximate surface area is 195 Å². The zero-order valence-electron chi connectivity index (χ0n) is 18.9. The molecule has 1 amide bonds. The number of Topliss-reactive ketones (excluding diaryl/α,β-unsaturated/α-hetero) is 1. The van der Waals surface area contributed by atoms with Crippen molar-refractivity contribution in [2.75, 3.05) is 20.2 Å². The monoisotopic (exact) mass is 439 g/mol. The van der Waals surface area contributed by atoms with E-state index in [2.05, 4.69) is 48.5 Å². The molecular formula is C29H29NO3. The van der Waals surface area contributed by atoms with Crippen molar-refractivity contribution >= 4 is 11.7 Å². The van der Waals surface area contributed by atoms with Gasteiger partial charge in [-0.2, -0.15) is 0 Å². The highest BCUT2D eigenvalue weighted by Crippen LogP contribution is 2.52. The first-order valence-corrected chi connectivity index (χ1v) is 11.7. The second-order valence-corrected chi connectivity index (χ2v) is 9.17. The molecule has 0 N–H and O–H groups in total. The van der Waals surface area contributed by atoms with Crippen molar-refractivity contribution < 1.29 is 14.3 Å². The first-order chi connectivity index (χ1) is 16.1. The van der Waals surface area contributed by atoms with E-state index >= 15 is 0 Å². The van der Waals surface area contributed by atoms with Gasteiger partial charge in [-0.3, -0.25) is 9.59 Å². The number of methoxy groups -OCH3 is 1. The zero-order chi connectivity index (χ0) is 22.8. The summed E-state index contributed by atoms with van der Waals surface area (Å²) in [5.74, 6) is 0.985. The number of benzene rings is 3. The quantitative estimate of drug-likeness (QED) is 0.581. The minimum absolute atomic E-state index is 0.0525. The van der Waals surface area contributed by atoms with Crippen molar-refractivity contribution in [3.05, 3.63) is 102 Å². The molecule has 0 radical (unpaired) electrons. The van der Waals surface area contributed by atoms with Crippen LogP contribution in [0.1, 0.15) is 29.5 Å². The predicted molar refractivity (Wildman–Crippen MR) is 128 cm³/mol. The van der Waals surface area contributed by atoms with Crippen molar-refractivity contribution in [2.24, 2.45) is 11.8 Å². The van der Waals surface area contributed by atoms with Crippen molar-refractivity contribution in [1.29, 1.82) is 0 Å². The maximum absolute atomic E-state index is 13.4. The Morgan fingerprint density at radius 2 is 1.52 bits per heavy atom. The van der Waals surface area contributed by atoms with Gasteiger partial charge in [-0.1, -0.05) is 78.9 Å². The van der Waals surface area contributed by atoms with Crippen molar-refractivity contribution in [3.63, 3.8) is 0 Å². The van der Waals surface area contributed by atoms with Gasteiger partial charge < -0.3 is 9.64 Å². The Balaban J connectivity index is 1.50. The highest BCUT2D eigenvalue weighted by molar-refractivity contribution is 5.86. The van der Waals surface area contributed by atoms with Gasteiger partial charge in [0.25, 0.3) is 0 Å². The van der Waals surface area contributed by atoms with Gasteiger partial charge >= 0.3 is 0 Å². The Kier molecular flexibility index (Phi) is 5.76. The first-order valence-electron chi connectivity index (χ1n) is 11.7. The fourth-order valence-corrected chi connectivity index (χ4v) is 6.00.